The summed E-state index contributed by atoms with van der Waals surface area (Å²) in [6.07, 6.45) is 6.41. The van der Waals surface area contributed by atoms with Crippen LogP contribution < -0.4 is 0 Å². The van der Waals surface area contributed by atoms with Crippen molar-refractivity contribution in [3.63, 3.8) is 0 Å². The second-order valence-corrected chi connectivity index (χ2v) is 6.75. The first-order chi connectivity index (χ1) is 10.5. The molecule has 2 aromatic heterocycles. The van der Waals surface area contributed by atoms with Gasteiger partial charge in [0.2, 0.25) is 0 Å². The molecule has 1 aliphatic carbocycles. The third-order valence-electron chi connectivity index (χ3n) is 4.60. The van der Waals surface area contributed by atoms with Crippen molar-refractivity contribution in [2.75, 3.05) is 0 Å². The monoisotopic (exact) mass is 319 g/mol. The summed E-state index contributed by atoms with van der Waals surface area (Å²) in [6, 6.07) is 2.10. The molecule has 1 saturated heterocycles. The van der Waals surface area contributed by atoms with Crippen LogP contribution in [0.1, 0.15) is 26.3 Å². The van der Waals surface area contributed by atoms with Gasteiger partial charge in [0.15, 0.2) is 5.79 Å². The highest BCUT2D eigenvalue weighted by Crippen LogP contribution is 2.48. The number of fused-ring (bicyclic) bond motifs is 2. The molecule has 0 spiro atoms. The summed E-state index contributed by atoms with van der Waals surface area (Å²) in [5.74, 6) is -0.295. The van der Waals surface area contributed by atoms with E-state index in [1.165, 1.54) is 6.33 Å². The van der Waals surface area contributed by atoms with Gasteiger partial charge < -0.3 is 14.0 Å². The van der Waals surface area contributed by atoms with Gasteiger partial charge in [-0.15, -0.1) is 6.58 Å². The third-order valence-corrected chi connectivity index (χ3v) is 4.90. The van der Waals surface area contributed by atoms with Crippen LogP contribution in [0.3, 0.4) is 0 Å². The van der Waals surface area contributed by atoms with E-state index in [2.05, 4.69) is 21.1 Å². The largest absolute Gasteiger partial charge is 0.344 e. The molecule has 2 aromatic rings. The summed E-state index contributed by atoms with van der Waals surface area (Å²) in [4.78, 5) is 8.43. The fourth-order valence-corrected chi connectivity index (χ4v) is 3.89. The molecule has 0 amide bonds. The van der Waals surface area contributed by atoms with E-state index in [0.29, 0.717) is 5.15 Å². The van der Waals surface area contributed by atoms with Gasteiger partial charge in [-0.3, -0.25) is 0 Å². The standard InChI is InChI=1S/C16H18ClN3O2/c1-4-9-7-11(13-12(9)21-16(2,3)22-13)20-6-5-10-14(17)18-8-19-15(10)20/h4-6,8-9,11-13H,1,7H2,2-3H3/t9-,11+,12-,13+/m0/s1. The molecule has 22 heavy (non-hydrogen) atoms. The van der Waals surface area contributed by atoms with E-state index in [1.54, 1.807) is 0 Å². The zero-order valence-electron chi connectivity index (χ0n) is 12.6. The lowest BCUT2D eigenvalue weighted by atomic mass is 10.1. The number of hydrogen-bond donors (Lipinski definition) is 0. The Kier molecular flexibility index (Phi) is 3.08. The highest BCUT2D eigenvalue weighted by atomic mass is 35.5. The first kappa shape index (κ1) is 14.2. The van der Waals surface area contributed by atoms with Crippen LogP contribution in [0.2, 0.25) is 5.15 Å². The maximum Gasteiger partial charge on any atom is 0.163 e. The van der Waals surface area contributed by atoms with Crippen molar-refractivity contribution in [3.05, 3.63) is 36.4 Å². The van der Waals surface area contributed by atoms with Gasteiger partial charge in [-0.25, -0.2) is 9.97 Å². The minimum atomic E-state index is -0.565. The van der Waals surface area contributed by atoms with Crippen LogP contribution in [0.15, 0.2) is 31.2 Å². The first-order valence-electron chi connectivity index (χ1n) is 7.45. The van der Waals surface area contributed by atoms with Crippen molar-refractivity contribution in [2.24, 2.45) is 5.92 Å². The molecule has 6 heteroatoms. The van der Waals surface area contributed by atoms with E-state index in [4.69, 9.17) is 21.1 Å². The molecule has 2 fully saturated rings. The second-order valence-electron chi connectivity index (χ2n) is 6.39. The predicted octanol–water partition coefficient (Wildman–Crippen LogP) is 3.35. The number of nitrogens with zero attached hydrogens (tertiary/aromatic N) is 3. The van der Waals surface area contributed by atoms with Crippen LogP contribution in [0.5, 0.6) is 0 Å². The highest BCUT2D eigenvalue weighted by Gasteiger charge is 2.53. The summed E-state index contributed by atoms with van der Waals surface area (Å²) in [6.45, 7) is 7.86. The van der Waals surface area contributed by atoms with Crippen LogP contribution >= 0.6 is 11.6 Å². The topological polar surface area (TPSA) is 49.2 Å². The van der Waals surface area contributed by atoms with Crippen molar-refractivity contribution in [1.29, 1.82) is 0 Å². The lowest BCUT2D eigenvalue weighted by Crippen LogP contribution is -2.27. The molecule has 3 heterocycles. The van der Waals surface area contributed by atoms with Gasteiger partial charge in [-0.1, -0.05) is 17.7 Å². The molecular formula is C16H18ClN3O2. The maximum atomic E-state index is 6.15. The van der Waals surface area contributed by atoms with Gasteiger partial charge in [-0.2, -0.15) is 0 Å². The van der Waals surface area contributed by atoms with Crippen molar-refractivity contribution in [3.8, 4) is 0 Å². The number of aromatic nitrogens is 3. The molecule has 4 rings (SSSR count). The molecular weight excluding hydrogens is 302 g/mol. The maximum absolute atomic E-state index is 6.15. The summed E-state index contributed by atoms with van der Waals surface area (Å²) >= 11 is 6.15. The summed E-state index contributed by atoms with van der Waals surface area (Å²) < 4.78 is 14.4. The number of halogens is 1. The van der Waals surface area contributed by atoms with Crippen molar-refractivity contribution >= 4 is 22.6 Å². The number of hydrogen-bond acceptors (Lipinski definition) is 4. The summed E-state index contributed by atoms with van der Waals surface area (Å²) in [5, 5.41) is 1.34. The SMILES string of the molecule is C=C[C@H]1C[C@@H](n2ccc3c(Cl)ncnc32)[C@H]2OC(C)(C)O[C@H]21. The Hall–Kier alpha value is -1.43. The lowest BCUT2D eigenvalue weighted by molar-refractivity contribution is -0.158. The molecule has 5 nitrogen and oxygen atoms in total. The first-order valence-corrected chi connectivity index (χ1v) is 7.83. The van der Waals surface area contributed by atoms with E-state index in [0.717, 1.165) is 17.5 Å². The van der Waals surface area contributed by atoms with Crippen molar-refractivity contribution in [1.82, 2.24) is 14.5 Å². The van der Waals surface area contributed by atoms with Gasteiger partial charge in [-0.05, 0) is 26.3 Å². The molecule has 4 atom stereocenters. The van der Waals surface area contributed by atoms with Gasteiger partial charge in [0.25, 0.3) is 0 Å². The quantitative estimate of drug-likeness (QED) is 0.629. The van der Waals surface area contributed by atoms with Crippen LogP contribution in [-0.2, 0) is 9.47 Å². The number of rotatable bonds is 2. The number of ether oxygens (including phenoxy) is 2. The molecule has 0 unspecified atom stereocenters. The van der Waals surface area contributed by atoms with E-state index < -0.39 is 5.79 Å². The molecule has 0 radical (unpaired) electrons. The Balaban J connectivity index is 1.78. The molecule has 2 aliphatic rings. The predicted molar refractivity (Wildman–Crippen MR) is 83.7 cm³/mol. The Morgan fingerprint density at radius 2 is 2.14 bits per heavy atom. The van der Waals surface area contributed by atoms with Crippen LogP contribution in [0.4, 0.5) is 0 Å². The smallest absolute Gasteiger partial charge is 0.163 e. The fraction of sp³-hybridized carbons (Fsp3) is 0.500. The highest BCUT2D eigenvalue weighted by molar-refractivity contribution is 6.33. The average molecular weight is 320 g/mol. The summed E-state index contributed by atoms with van der Waals surface area (Å²) in [5.41, 5.74) is 0.835. The van der Waals surface area contributed by atoms with Gasteiger partial charge >= 0.3 is 0 Å². The van der Waals surface area contributed by atoms with E-state index in [-0.39, 0.29) is 24.2 Å². The minimum absolute atomic E-state index is 0.0117. The second kappa shape index (κ2) is 4.78. The normalized spacial score (nSPS) is 33.2. The van der Waals surface area contributed by atoms with Crippen LogP contribution in [-0.4, -0.2) is 32.5 Å². The summed E-state index contributed by atoms with van der Waals surface area (Å²) in [7, 11) is 0. The molecule has 1 saturated carbocycles. The minimum Gasteiger partial charge on any atom is -0.344 e. The zero-order chi connectivity index (χ0) is 15.5. The molecule has 116 valence electrons. The Morgan fingerprint density at radius 1 is 1.36 bits per heavy atom. The van der Waals surface area contributed by atoms with Crippen LogP contribution in [0.25, 0.3) is 11.0 Å². The van der Waals surface area contributed by atoms with Crippen molar-refractivity contribution in [2.45, 2.75) is 44.3 Å². The molecule has 0 bridgehead atoms. The zero-order valence-corrected chi connectivity index (χ0v) is 13.3. The Morgan fingerprint density at radius 3 is 2.91 bits per heavy atom. The van der Waals surface area contributed by atoms with Crippen LogP contribution in [0, 0.1) is 5.92 Å². The Bertz CT molecular complexity index is 742. The molecule has 0 aromatic carbocycles. The van der Waals surface area contributed by atoms with E-state index >= 15 is 0 Å². The molecule has 0 N–H and O–H groups in total. The molecule has 1 aliphatic heterocycles. The average Bonchev–Trinajstić information content (AvgIpc) is 3.10. The van der Waals surface area contributed by atoms with Gasteiger partial charge in [0, 0.05) is 12.1 Å². The fourth-order valence-electron chi connectivity index (χ4n) is 3.70. The van der Waals surface area contributed by atoms with E-state index in [1.807, 2.05) is 32.2 Å². The van der Waals surface area contributed by atoms with Gasteiger partial charge in [0.05, 0.1) is 17.5 Å². The Labute approximate surface area is 133 Å². The van der Waals surface area contributed by atoms with Crippen molar-refractivity contribution < 1.29 is 9.47 Å². The lowest BCUT2D eigenvalue weighted by Gasteiger charge is -2.24. The van der Waals surface area contributed by atoms with E-state index in [9.17, 15) is 0 Å². The van der Waals surface area contributed by atoms with Gasteiger partial charge in [0.1, 0.15) is 23.2 Å². The third kappa shape index (κ3) is 2.00.